The number of benzene rings is 3. The van der Waals surface area contributed by atoms with Crippen molar-refractivity contribution in [1.82, 2.24) is 4.57 Å². The van der Waals surface area contributed by atoms with Crippen LogP contribution in [-0.4, -0.2) is 10.8 Å². The summed E-state index contributed by atoms with van der Waals surface area (Å²) in [7, 11) is 0. The van der Waals surface area contributed by atoms with Gasteiger partial charge in [0.25, 0.3) is 0 Å². The molecule has 4 aromatic rings. The zero-order valence-corrected chi connectivity index (χ0v) is 12.7. The minimum atomic E-state index is 0.952. The van der Waals surface area contributed by atoms with Crippen molar-refractivity contribution in [3.63, 3.8) is 0 Å². The average Bonchev–Trinajstić information content (AvgIpc) is 2.94. The Kier molecular flexibility index (Phi) is 3.28. The molecule has 0 unspecified atom stereocenters. The Morgan fingerprint density at radius 3 is 2.35 bits per heavy atom. The zero-order valence-electron chi connectivity index (χ0n) is 12.7. The smallest absolute Gasteiger partial charge is 0.0637 e. The first kappa shape index (κ1) is 13.5. The van der Waals surface area contributed by atoms with Crippen LogP contribution >= 0.6 is 0 Å². The van der Waals surface area contributed by atoms with E-state index in [-0.39, 0.29) is 0 Å². The topological polar surface area (TPSA) is 17.3 Å². The highest BCUT2D eigenvalue weighted by atomic mass is 14.9. The van der Waals surface area contributed by atoms with E-state index < -0.39 is 0 Å². The standard InChI is InChI=1S/C21H16N2/c1-2-23-20-11-7-6-10-18(20)19-14-17(12-13-21(19)23)22-15-16-8-4-3-5-9-16/h2-15H,1H2/b22-15+. The molecule has 0 bridgehead atoms. The van der Waals surface area contributed by atoms with E-state index in [1.165, 1.54) is 16.3 Å². The summed E-state index contributed by atoms with van der Waals surface area (Å²) in [5, 5.41) is 2.42. The third-order valence-corrected chi connectivity index (χ3v) is 4.04. The molecule has 0 saturated carbocycles. The minimum absolute atomic E-state index is 0.952. The number of fused-ring (bicyclic) bond motifs is 3. The normalized spacial score (nSPS) is 11.5. The molecular weight excluding hydrogens is 280 g/mol. The van der Waals surface area contributed by atoms with E-state index in [0.717, 1.165) is 16.8 Å². The molecule has 0 spiro atoms. The second-order valence-electron chi connectivity index (χ2n) is 5.44. The van der Waals surface area contributed by atoms with Gasteiger partial charge >= 0.3 is 0 Å². The third kappa shape index (κ3) is 2.34. The maximum atomic E-state index is 4.61. The van der Waals surface area contributed by atoms with Crippen molar-refractivity contribution in [3.8, 4) is 0 Å². The number of hydrogen-bond donors (Lipinski definition) is 0. The van der Waals surface area contributed by atoms with Crippen LogP contribution in [0.15, 0.2) is 84.4 Å². The summed E-state index contributed by atoms with van der Waals surface area (Å²) < 4.78 is 2.12. The summed E-state index contributed by atoms with van der Waals surface area (Å²) in [4.78, 5) is 4.61. The lowest BCUT2D eigenvalue weighted by Gasteiger charge is -1.99. The van der Waals surface area contributed by atoms with Gasteiger partial charge in [-0.15, -0.1) is 0 Å². The van der Waals surface area contributed by atoms with Crippen LogP contribution in [-0.2, 0) is 0 Å². The van der Waals surface area contributed by atoms with Gasteiger partial charge in [-0.1, -0.05) is 55.1 Å². The molecule has 0 aliphatic rings. The molecular formula is C21H16N2. The molecule has 23 heavy (non-hydrogen) atoms. The molecule has 0 N–H and O–H groups in total. The summed E-state index contributed by atoms with van der Waals surface area (Å²) in [6.45, 7) is 3.94. The highest BCUT2D eigenvalue weighted by Crippen LogP contribution is 2.31. The van der Waals surface area contributed by atoms with E-state index in [4.69, 9.17) is 0 Å². The number of aromatic nitrogens is 1. The fourth-order valence-corrected chi connectivity index (χ4v) is 2.96. The lowest BCUT2D eigenvalue weighted by molar-refractivity contribution is 1.30. The molecule has 3 aromatic carbocycles. The molecule has 0 atom stereocenters. The van der Waals surface area contributed by atoms with Crippen LogP contribution in [0.3, 0.4) is 0 Å². The Labute approximate surface area is 135 Å². The quantitative estimate of drug-likeness (QED) is 0.435. The highest BCUT2D eigenvalue weighted by Gasteiger charge is 2.08. The van der Waals surface area contributed by atoms with Gasteiger partial charge in [0.05, 0.1) is 16.7 Å². The lowest BCUT2D eigenvalue weighted by Crippen LogP contribution is -1.83. The molecule has 4 rings (SSSR count). The zero-order chi connectivity index (χ0) is 15.6. The van der Waals surface area contributed by atoms with Crippen molar-refractivity contribution in [2.45, 2.75) is 0 Å². The highest BCUT2D eigenvalue weighted by molar-refractivity contribution is 6.10. The van der Waals surface area contributed by atoms with Crippen molar-refractivity contribution in [2.75, 3.05) is 0 Å². The number of aliphatic imine (C=N–C) groups is 1. The van der Waals surface area contributed by atoms with E-state index in [9.17, 15) is 0 Å². The number of hydrogen-bond acceptors (Lipinski definition) is 1. The molecule has 2 heteroatoms. The SMILES string of the molecule is C=Cn1c2ccccc2c2cc(/N=C/c3ccccc3)ccc21. The fraction of sp³-hybridized carbons (Fsp3) is 0. The molecule has 0 saturated heterocycles. The third-order valence-electron chi connectivity index (χ3n) is 4.04. The Hall–Kier alpha value is -3.13. The van der Waals surface area contributed by atoms with Crippen LogP contribution < -0.4 is 0 Å². The van der Waals surface area contributed by atoms with Gasteiger partial charge in [-0.05, 0) is 29.8 Å². The largest absolute Gasteiger partial charge is 0.317 e. The predicted octanol–water partition coefficient (Wildman–Crippen LogP) is 5.65. The van der Waals surface area contributed by atoms with Crippen molar-refractivity contribution in [1.29, 1.82) is 0 Å². The van der Waals surface area contributed by atoms with E-state index in [1.807, 2.05) is 48.8 Å². The van der Waals surface area contributed by atoms with E-state index >= 15 is 0 Å². The van der Waals surface area contributed by atoms with Crippen LogP contribution in [0.4, 0.5) is 5.69 Å². The van der Waals surface area contributed by atoms with E-state index in [0.29, 0.717) is 0 Å². The predicted molar refractivity (Wildman–Crippen MR) is 99.5 cm³/mol. The summed E-state index contributed by atoms with van der Waals surface area (Å²) >= 11 is 0. The number of para-hydroxylation sites is 1. The molecule has 110 valence electrons. The first-order valence-corrected chi connectivity index (χ1v) is 7.61. The second kappa shape index (κ2) is 5.58. The lowest BCUT2D eigenvalue weighted by atomic mass is 10.1. The first-order valence-electron chi connectivity index (χ1n) is 7.61. The van der Waals surface area contributed by atoms with Gasteiger partial charge in [-0.25, -0.2) is 0 Å². The second-order valence-corrected chi connectivity index (χ2v) is 5.44. The van der Waals surface area contributed by atoms with E-state index in [2.05, 4.69) is 52.5 Å². The molecule has 1 heterocycles. The Bertz CT molecular complexity index is 1020. The average molecular weight is 296 g/mol. The molecule has 0 aliphatic heterocycles. The molecule has 0 amide bonds. The van der Waals surface area contributed by atoms with Crippen molar-refractivity contribution >= 4 is 39.9 Å². The Morgan fingerprint density at radius 1 is 0.783 bits per heavy atom. The molecule has 0 radical (unpaired) electrons. The van der Waals surface area contributed by atoms with E-state index in [1.54, 1.807) is 0 Å². The van der Waals surface area contributed by atoms with Crippen LogP contribution in [0.25, 0.3) is 28.0 Å². The maximum Gasteiger partial charge on any atom is 0.0637 e. The van der Waals surface area contributed by atoms with Gasteiger partial charge in [-0.3, -0.25) is 4.99 Å². The summed E-state index contributed by atoms with van der Waals surface area (Å²) in [5.74, 6) is 0. The maximum absolute atomic E-state index is 4.61. The van der Waals surface area contributed by atoms with Crippen LogP contribution in [0.2, 0.25) is 0 Å². The van der Waals surface area contributed by atoms with Crippen molar-refractivity contribution in [2.24, 2.45) is 4.99 Å². The van der Waals surface area contributed by atoms with Gasteiger partial charge in [-0.2, -0.15) is 0 Å². The van der Waals surface area contributed by atoms with Gasteiger partial charge in [0.15, 0.2) is 0 Å². The first-order chi connectivity index (χ1) is 11.4. The number of rotatable bonds is 3. The molecule has 0 fully saturated rings. The molecule has 2 nitrogen and oxygen atoms in total. The summed E-state index contributed by atoms with van der Waals surface area (Å²) in [6.07, 6.45) is 3.76. The van der Waals surface area contributed by atoms with Crippen molar-refractivity contribution in [3.05, 3.63) is 84.9 Å². The Morgan fingerprint density at radius 2 is 1.52 bits per heavy atom. The minimum Gasteiger partial charge on any atom is -0.317 e. The molecule has 1 aromatic heterocycles. The van der Waals surface area contributed by atoms with Crippen LogP contribution in [0.1, 0.15) is 5.56 Å². The van der Waals surface area contributed by atoms with Crippen LogP contribution in [0.5, 0.6) is 0 Å². The van der Waals surface area contributed by atoms with Gasteiger partial charge in [0.1, 0.15) is 0 Å². The fourth-order valence-electron chi connectivity index (χ4n) is 2.96. The summed E-state index contributed by atoms with van der Waals surface area (Å²) in [5.41, 5.74) is 4.37. The summed E-state index contributed by atoms with van der Waals surface area (Å²) in [6, 6.07) is 24.8. The van der Waals surface area contributed by atoms with Gasteiger partial charge in [0.2, 0.25) is 0 Å². The monoisotopic (exact) mass is 296 g/mol. The van der Waals surface area contributed by atoms with Gasteiger partial charge in [0, 0.05) is 23.2 Å². The van der Waals surface area contributed by atoms with Crippen molar-refractivity contribution < 1.29 is 0 Å². The Balaban J connectivity index is 1.86. The molecule has 0 aliphatic carbocycles. The number of nitrogens with zero attached hydrogens (tertiary/aromatic N) is 2. The van der Waals surface area contributed by atoms with Gasteiger partial charge < -0.3 is 4.57 Å². The van der Waals surface area contributed by atoms with Crippen LogP contribution in [0, 0.1) is 0 Å².